The fourth-order valence-electron chi connectivity index (χ4n) is 0.814. The van der Waals surface area contributed by atoms with Gasteiger partial charge in [0.2, 0.25) is 0 Å². The van der Waals surface area contributed by atoms with E-state index in [0.717, 1.165) is 0 Å². The van der Waals surface area contributed by atoms with Crippen molar-refractivity contribution in [3.63, 3.8) is 0 Å². The van der Waals surface area contributed by atoms with Gasteiger partial charge in [0.15, 0.2) is 0 Å². The van der Waals surface area contributed by atoms with E-state index in [-0.39, 0.29) is 0 Å². The Balaban J connectivity index is 2.52. The number of allylic oxidation sites excluding steroid dienone is 1. The van der Waals surface area contributed by atoms with E-state index < -0.39 is 0 Å². The van der Waals surface area contributed by atoms with E-state index in [1.807, 2.05) is 36.6 Å². The molecule has 0 unspecified atom stereocenters. The molecule has 0 saturated heterocycles. The van der Waals surface area contributed by atoms with Gasteiger partial charge in [-0.1, -0.05) is 36.4 Å². The lowest BCUT2D eigenvalue weighted by Gasteiger charge is -1.87. The first kappa shape index (κ1) is 9.07. The quantitative estimate of drug-likeness (QED) is 0.510. The van der Waals surface area contributed by atoms with Gasteiger partial charge in [0.25, 0.3) is 0 Å². The fourth-order valence-corrected chi connectivity index (χ4v) is 1.01. The first-order valence-corrected chi connectivity index (χ1v) is 4.90. The van der Waals surface area contributed by atoms with E-state index in [9.17, 15) is 0 Å². The third-order valence-electron chi connectivity index (χ3n) is 1.34. The van der Waals surface area contributed by atoms with E-state index in [2.05, 4.69) is 16.5 Å². The second kappa shape index (κ2) is 5.61. The largest absolute Gasteiger partial charge is 0.225 e. The molecule has 0 aromatic heterocycles. The van der Waals surface area contributed by atoms with Crippen LogP contribution in [-0.4, -0.2) is 12.5 Å². The van der Waals surface area contributed by atoms with Crippen molar-refractivity contribution < 1.29 is 0 Å². The summed E-state index contributed by atoms with van der Waals surface area (Å²) >= 11 is 1.45. The Morgan fingerprint density at radius 2 is 2.00 bits per heavy atom. The molecule has 0 fully saturated rings. The average Bonchev–Trinajstić information content (AvgIpc) is 2.14. The maximum atomic E-state index is 3.99. The molecule has 0 aliphatic rings. The van der Waals surface area contributed by atoms with Crippen LogP contribution in [-0.2, 0) is 0 Å². The highest BCUT2D eigenvalue weighted by Gasteiger charge is 1.79. The van der Waals surface area contributed by atoms with Crippen LogP contribution in [0.1, 0.15) is 5.56 Å². The predicted octanol–water partition coefficient (Wildman–Crippen LogP) is 3.05. The summed E-state index contributed by atoms with van der Waals surface area (Å²) in [4.78, 5) is 0. The van der Waals surface area contributed by atoms with E-state index in [4.69, 9.17) is 0 Å². The Hall–Kier alpha value is -1.02. The lowest BCUT2D eigenvalue weighted by atomic mass is 10.2. The molecule has 0 bridgehead atoms. The summed E-state index contributed by atoms with van der Waals surface area (Å²) < 4.78 is 3.99. The molecule has 1 aromatic carbocycles. The summed E-state index contributed by atoms with van der Waals surface area (Å²) in [5.74, 6) is 0. The molecule has 1 rings (SSSR count). The first-order valence-electron chi connectivity index (χ1n) is 3.72. The summed E-state index contributed by atoms with van der Waals surface area (Å²) in [6, 6.07) is 10.2. The molecule has 0 atom stereocenters. The molecule has 0 aliphatic carbocycles. The number of nitrogens with zero attached hydrogens (tertiary/aromatic N) is 1. The highest BCUT2D eigenvalue weighted by atomic mass is 32.2. The number of rotatable bonds is 3. The van der Waals surface area contributed by atoms with Gasteiger partial charge >= 0.3 is 0 Å². The summed E-state index contributed by atoms with van der Waals surface area (Å²) in [6.07, 6.45) is 7.69. The van der Waals surface area contributed by atoms with E-state index in [1.54, 1.807) is 6.21 Å². The lowest BCUT2D eigenvalue weighted by molar-refractivity contribution is 1.66. The van der Waals surface area contributed by atoms with Crippen LogP contribution in [0, 0.1) is 0 Å². The normalized spacial score (nSPS) is 11.4. The highest BCUT2D eigenvalue weighted by Crippen LogP contribution is 2.00. The minimum absolute atomic E-state index is 1.20. The molecule has 0 radical (unpaired) electrons. The smallest absolute Gasteiger partial charge is 0.0351 e. The molecular formula is C10H11NS. The summed E-state index contributed by atoms with van der Waals surface area (Å²) in [5, 5.41) is 0. The molecule has 0 amide bonds. The second-order valence-electron chi connectivity index (χ2n) is 2.21. The molecule has 62 valence electrons. The Kier molecular flexibility index (Phi) is 4.24. The molecule has 12 heavy (non-hydrogen) atoms. The topological polar surface area (TPSA) is 12.4 Å². The standard InChI is InChI=1S/C10H11NS/c1-12-11-9-5-8-10-6-3-2-4-7-10/h2-9H,1H3/b8-5+,11-9-. The van der Waals surface area contributed by atoms with Crippen LogP contribution >= 0.6 is 11.9 Å². The van der Waals surface area contributed by atoms with Gasteiger partial charge in [0, 0.05) is 12.5 Å². The number of benzene rings is 1. The van der Waals surface area contributed by atoms with Crippen molar-refractivity contribution in [1.82, 2.24) is 0 Å². The highest BCUT2D eigenvalue weighted by molar-refractivity contribution is 7.97. The monoisotopic (exact) mass is 177 g/mol. The Labute approximate surface area is 77.4 Å². The maximum absolute atomic E-state index is 3.99. The van der Waals surface area contributed by atoms with Gasteiger partial charge in [-0.2, -0.15) is 0 Å². The van der Waals surface area contributed by atoms with E-state index in [1.165, 1.54) is 17.5 Å². The van der Waals surface area contributed by atoms with Crippen LogP contribution in [0.5, 0.6) is 0 Å². The zero-order valence-corrected chi connectivity index (χ0v) is 7.79. The zero-order chi connectivity index (χ0) is 8.65. The third kappa shape index (κ3) is 3.39. The van der Waals surface area contributed by atoms with Gasteiger partial charge < -0.3 is 0 Å². The predicted molar refractivity (Wildman–Crippen MR) is 57.5 cm³/mol. The Morgan fingerprint density at radius 1 is 1.25 bits per heavy atom. The second-order valence-corrected chi connectivity index (χ2v) is 2.78. The van der Waals surface area contributed by atoms with Crippen molar-refractivity contribution in [2.24, 2.45) is 4.40 Å². The summed E-state index contributed by atoms with van der Waals surface area (Å²) in [5.41, 5.74) is 1.20. The Morgan fingerprint density at radius 3 is 2.67 bits per heavy atom. The van der Waals surface area contributed by atoms with Gasteiger partial charge in [-0.15, -0.1) is 0 Å². The number of hydrogen-bond donors (Lipinski definition) is 0. The van der Waals surface area contributed by atoms with Crippen molar-refractivity contribution in [2.45, 2.75) is 0 Å². The van der Waals surface area contributed by atoms with Crippen LogP contribution < -0.4 is 0 Å². The Bertz CT molecular complexity index is 264. The van der Waals surface area contributed by atoms with Gasteiger partial charge in [-0.05, 0) is 23.6 Å². The van der Waals surface area contributed by atoms with E-state index >= 15 is 0 Å². The molecule has 0 spiro atoms. The van der Waals surface area contributed by atoms with Crippen molar-refractivity contribution in [3.8, 4) is 0 Å². The molecule has 1 nitrogen and oxygen atoms in total. The molecule has 0 saturated carbocycles. The lowest BCUT2D eigenvalue weighted by Crippen LogP contribution is -1.68. The molecular weight excluding hydrogens is 166 g/mol. The van der Waals surface area contributed by atoms with E-state index in [0.29, 0.717) is 0 Å². The van der Waals surface area contributed by atoms with Gasteiger partial charge in [-0.3, -0.25) is 0 Å². The number of hydrogen-bond acceptors (Lipinski definition) is 2. The van der Waals surface area contributed by atoms with Gasteiger partial charge in [0.1, 0.15) is 0 Å². The molecule has 0 N–H and O–H groups in total. The minimum atomic E-state index is 1.20. The van der Waals surface area contributed by atoms with Crippen molar-refractivity contribution in [2.75, 3.05) is 6.26 Å². The van der Waals surface area contributed by atoms with Crippen LogP contribution in [0.2, 0.25) is 0 Å². The van der Waals surface area contributed by atoms with Crippen molar-refractivity contribution in [1.29, 1.82) is 0 Å². The average molecular weight is 177 g/mol. The van der Waals surface area contributed by atoms with Gasteiger partial charge in [0.05, 0.1) is 0 Å². The van der Waals surface area contributed by atoms with Crippen molar-refractivity contribution >= 4 is 24.2 Å². The SMILES string of the molecule is CS/N=C\C=C\c1ccccc1. The summed E-state index contributed by atoms with van der Waals surface area (Å²) in [7, 11) is 0. The first-order chi connectivity index (χ1) is 5.93. The van der Waals surface area contributed by atoms with Crippen molar-refractivity contribution in [3.05, 3.63) is 42.0 Å². The zero-order valence-electron chi connectivity index (χ0n) is 6.97. The molecule has 1 aromatic rings. The molecule has 0 heterocycles. The minimum Gasteiger partial charge on any atom is -0.225 e. The third-order valence-corrected chi connectivity index (χ3v) is 1.67. The molecule has 0 aliphatic heterocycles. The van der Waals surface area contributed by atoms with Gasteiger partial charge in [-0.25, -0.2) is 4.40 Å². The van der Waals surface area contributed by atoms with Crippen LogP contribution in [0.4, 0.5) is 0 Å². The molecule has 2 heteroatoms. The van der Waals surface area contributed by atoms with Crippen LogP contribution in [0.15, 0.2) is 40.8 Å². The van der Waals surface area contributed by atoms with Crippen LogP contribution in [0.3, 0.4) is 0 Å². The maximum Gasteiger partial charge on any atom is 0.0351 e. The fraction of sp³-hybridized carbons (Fsp3) is 0.100. The summed E-state index contributed by atoms with van der Waals surface area (Å²) in [6.45, 7) is 0. The van der Waals surface area contributed by atoms with Crippen LogP contribution in [0.25, 0.3) is 6.08 Å².